The van der Waals surface area contributed by atoms with Gasteiger partial charge in [-0.05, 0) is 12.1 Å². The van der Waals surface area contributed by atoms with E-state index in [9.17, 15) is 14.9 Å². The number of nitrogens with zero attached hydrogens (tertiary/aromatic N) is 1. The van der Waals surface area contributed by atoms with Gasteiger partial charge in [0.05, 0.1) is 16.6 Å². The summed E-state index contributed by atoms with van der Waals surface area (Å²) in [5, 5.41) is 10.2. The highest BCUT2D eigenvalue weighted by molar-refractivity contribution is 5.80. The highest BCUT2D eigenvalue weighted by atomic mass is 16.6. The van der Waals surface area contributed by atoms with Crippen molar-refractivity contribution in [3.63, 3.8) is 0 Å². The molecule has 0 aliphatic carbocycles. The first kappa shape index (κ1) is 7.40. The summed E-state index contributed by atoms with van der Waals surface area (Å²) >= 11 is 0. The van der Waals surface area contributed by atoms with Crippen LogP contribution in [0.15, 0.2) is 18.2 Å². The minimum absolute atomic E-state index is 0.0532. The van der Waals surface area contributed by atoms with Gasteiger partial charge in [0.15, 0.2) is 6.29 Å². The van der Waals surface area contributed by atoms with Crippen LogP contribution in [0, 0.1) is 16.2 Å². The Bertz CT molecular complexity index is 295. The van der Waals surface area contributed by atoms with Crippen LogP contribution in [0.5, 0.6) is 0 Å². The summed E-state index contributed by atoms with van der Waals surface area (Å²) in [7, 11) is 0. The molecule has 11 heavy (non-hydrogen) atoms. The normalized spacial score (nSPS) is 9.09. The van der Waals surface area contributed by atoms with Crippen molar-refractivity contribution in [3.8, 4) is 0 Å². The average Bonchev–Trinajstić information content (AvgIpc) is 2.04. The Kier molecular flexibility index (Phi) is 1.96. The fraction of sp³-hybridized carbons (Fsp3) is 0. The molecule has 1 radical (unpaired) electrons. The van der Waals surface area contributed by atoms with Gasteiger partial charge in [-0.25, -0.2) is 0 Å². The maximum Gasteiger partial charge on any atom is 0.287 e. The van der Waals surface area contributed by atoms with E-state index in [4.69, 9.17) is 0 Å². The van der Waals surface area contributed by atoms with E-state index in [0.29, 0.717) is 6.29 Å². The molecule has 0 aliphatic rings. The molecule has 4 nitrogen and oxygen atoms in total. The Balaban J connectivity index is 3.22. The zero-order chi connectivity index (χ0) is 8.27. The second kappa shape index (κ2) is 2.92. The molecule has 0 fully saturated rings. The summed E-state index contributed by atoms with van der Waals surface area (Å²) in [6, 6.07) is 6.65. The maximum absolute atomic E-state index is 10.2. The topological polar surface area (TPSA) is 60.2 Å². The van der Waals surface area contributed by atoms with Crippen molar-refractivity contribution in [1.82, 2.24) is 0 Å². The molecule has 0 aromatic heterocycles. The number of rotatable bonds is 2. The van der Waals surface area contributed by atoms with Crippen LogP contribution in [0.25, 0.3) is 0 Å². The number of aldehydes is 1. The monoisotopic (exact) mass is 150 g/mol. The summed E-state index contributed by atoms with van der Waals surface area (Å²) in [6.07, 6.45) is 0.439. The van der Waals surface area contributed by atoms with Gasteiger partial charge in [0.25, 0.3) is 5.69 Å². The van der Waals surface area contributed by atoms with E-state index in [1.54, 1.807) is 0 Å². The number of carbonyl (C=O) groups excluding carboxylic acids is 1. The van der Waals surface area contributed by atoms with E-state index in [1.165, 1.54) is 18.2 Å². The van der Waals surface area contributed by atoms with Crippen LogP contribution >= 0.6 is 0 Å². The summed E-state index contributed by atoms with van der Waals surface area (Å²) in [5.41, 5.74) is -0.222. The molecule has 0 N–H and O–H groups in total. The number of hydrogen-bond donors (Lipinski definition) is 0. The predicted octanol–water partition coefficient (Wildman–Crippen LogP) is 1.21. The first-order valence-electron chi connectivity index (χ1n) is 2.86. The van der Waals surface area contributed by atoms with E-state index in [-0.39, 0.29) is 11.3 Å². The molecular formula is C7H4NO3. The molecule has 1 rings (SSSR count). The number of hydrogen-bond acceptors (Lipinski definition) is 3. The lowest BCUT2D eigenvalue weighted by Gasteiger charge is -1.91. The summed E-state index contributed by atoms with van der Waals surface area (Å²) in [5.74, 6) is 0. The van der Waals surface area contributed by atoms with Gasteiger partial charge < -0.3 is 0 Å². The summed E-state index contributed by atoms with van der Waals surface area (Å²) in [6.45, 7) is 0. The molecule has 0 saturated heterocycles. The molecule has 1 aromatic carbocycles. The highest BCUT2D eigenvalue weighted by Crippen LogP contribution is 2.13. The quantitative estimate of drug-likeness (QED) is 0.361. The third-order valence-corrected chi connectivity index (χ3v) is 1.18. The fourth-order valence-corrected chi connectivity index (χ4v) is 0.694. The van der Waals surface area contributed by atoms with Gasteiger partial charge in [0.1, 0.15) is 0 Å². The van der Waals surface area contributed by atoms with Crippen molar-refractivity contribution < 1.29 is 9.72 Å². The van der Waals surface area contributed by atoms with Crippen LogP contribution in [0.2, 0.25) is 0 Å². The standard InChI is InChI=1S/C7H4NO3/c9-5-6-3-1-2-4-7(6)8(10)11/h1-3,5H. The van der Waals surface area contributed by atoms with Gasteiger partial charge in [0.2, 0.25) is 0 Å². The molecule has 0 aliphatic heterocycles. The summed E-state index contributed by atoms with van der Waals surface area (Å²) < 4.78 is 0. The molecule has 0 bridgehead atoms. The third kappa shape index (κ3) is 1.40. The first-order chi connectivity index (χ1) is 5.25. The fourth-order valence-electron chi connectivity index (χ4n) is 0.694. The first-order valence-corrected chi connectivity index (χ1v) is 2.86. The lowest BCUT2D eigenvalue weighted by Crippen LogP contribution is -1.93. The second-order valence-electron chi connectivity index (χ2n) is 1.85. The van der Waals surface area contributed by atoms with E-state index in [0.717, 1.165) is 0 Å². The SMILES string of the molecule is O=Cc1ccc[c]c1[N+](=O)[O-]. The molecule has 1 aromatic rings. The molecule has 0 unspecified atom stereocenters. The summed E-state index contributed by atoms with van der Waals surface area (Å²) in [4.78, 5) is 19.8. The van der Waals surface area contributed by atoms with Gasteiger partial charge >= 0.3 is 0 Å². The van der Waals surface area contributed by atoms with Crippen LogP contribution in [-0.2, 0) is 0 Å². The zero-order valence-corrected chi connectivity index (χ0v) is 5.48. The van der Waals surface area contributed by atoms with Crippen LogP contribution in [0.1, 0.15) is 10.4 Å². The number of para-hydroxylation sites is 1. The number of benzene rings is 1. The lowest BCUT2D eigenvalue weighted by molar-refractivity contribution is -0.385. The largest absolute Gasteiger partial charge is 0.298 e. The Morgan fingerprint density at radius 3 is 2.82 bits per heavy atom. The van der Waals surface area contributed by atoms with Gasteiger partial charge in [-0.2, -0.15) is 0 Å². The molecule has 0 amide bonds. The van der Waals surface area contributed by atoms with Crippen LogP contribution in [0.4, 0.5) is 5.69 Å². The minimum Gasteiger partial charge on any atom is -0.298 e. The molecule has 0 heterocycles. The molecule has 0 spiro atoms. The molecule has 4 heteroatoms. The van der Waals surface area contributed by atoms with Crippen molar-refractivity contribution in [2.45, 2.75) is 0 Å². The van der Waals surface area contributed by atoms with Crippen molar-refractivity contribution in [2.24, 2.45) is 0 Å². The minimum atomic E-state index is -0.635. The van der Waals surface area contributed by atoms with Crippen LogP contribution in [-0.4, -0.2) is 11.2 Å². The van der Waals surface area contributed by atoms with Crippen LogP contribution in [0.3, 0.4) is 0 Å². The van der Waals surface area contributed by atoms with Gasteiger partial charge in [-0.15, -0.1) is 0 Å². The second-order valence-corrected chi connectivity index (χ2v) is 1.85. The van der Waals surface area contributed by atoms with Gasteiger partial charge in [-0.3, -0.25) is 14.9 Å². The van der Waals surface area contributed by atoms with Crippen LogP contribution < -0.4 is 0 Å². The molecule has 55 valence electrons. The molecule has 0 saturated carbocycles. The Morgan fingerprint density at radius 1 is 1.64 bits per heavy atom. The van der Waals surface area contributed by atoms with Crippen molar-refractivity contribution in [2.75, 3.05) is 0 Å². The zero-order valence-electron chi connectivity index (χ0n) is 5.48. The van der Waals surface area contributed by atoms with Crippen molar-refractivity contribution in [1.29, 1.82) is 0 Å². The number of nitro benzene ring substituents is 1. The Hall–Kier alpha value is -1.71. The van der Waals surface area contributed by atoms with E-state index < -0.39 is 4.92 Å². The molecular weight excluding hydrogens is 146 g/mol. The smallest absolute Gasteiger partial charge is 0.287 e. The van der Waals surface area contributed by atoms with Crippen molar-refractivity contribution in [3.05, 3.63) is 39.9 Å². The van der Waals surface area contributed by atoms with E-state index in [1.807, 2.05) is 0 Å². The van der Waals surface area contributed by atoms with Gasteiger partial charge in [0, 0.05) is 0 Å². The Labute approximate surface area is 62.6 Å². The third-order valence-electron chi connectivity index (χ3n) is 1.18. The average molecular weight is 150 g/mol. The predicted molar refractivity (Wildman–Crippen MR) is 37.3 cm³/mol. The highest BCUT2D eigenvalue weighted by Gasteiger charge is 2.10. The maximum atomic E-state index is 10.2. The van der Waals surface area contributed by atoms with Gasteiger partial charge in [-0.1, -0.05) is 6.07 Å². The van der Waals surface area contributed by atoms with E-state index in [2.05, 4.69) is 6.07 Å². The number of carbonyl (C=O) groups is 1. The van der Waals surface area contributed by atoms with E-state index >= 15 is 0 Å². The van der Waals surface area contributed by atoms with Crippen molar-refractivity contribution >= 4 is 12.0 Å². The molecule has 0 atom stereocenters. The number of nitro groups is 1. The lowest BCUT2D eigenvalue weighted by atomic mass is 10.2. The Morgan fingerprint density at radius 2 is 2.36 bits per heavy atom.